The van der Waals surface area contributed by atoms with Crippen LogP contribution in [0.3, 0.4) is 0 Å². The Labute approximate surface area is 206 Å². The average Bonchev–Trinajstić information content (AvgIpc) is 3.70. The summed E-state index contributed by atoms with van der Waals surface area (Å²) in [7, 11) is 0. The number of aromatic amines is 1. The maximum absolute atomic E-state index is 13.0. The van der Waals surface area contributed by atoms with Crippen molar-refractivity contribution in [2.24, 2.45) is 0 Å². The molecule has 0 radical (unpaired) electrons. The van der Waals surface area contributed by atoms with Gasteiger partial charge in [0.25, 0.3) is 5.91 Å². The van der Waals surface area contributed by atoms with Crippen molar-refractivity contribution in [1.29, 1.82) is 0 Å². The van der Waals surface area contributed by atoms with Gasteiger partial charge in [-0.3, -0.25) is 14.3 Å². The number of carbonyl (C=O) groups excluding carboxylic acids is 1. The molecule has 1 amide bonds. The van der Waals surface area contributed by atoms with E-state index in [-0.39, 0.29) is 23.9 Å². The number of carbonyl (C=O) groups is 1. The largest absolute Gasteiger partial charge is 0.381 e. The first-order valence-electron chi connectivity index (χ1n) is 12.1. The third kappa shape index (κ3) is 3.27. The number of rotatable bonds is 4. The van der Waals surface area contributed by atoms with E-state index >= 15 is 0 Å². The summed E-state index contributed by atoms with van der Waals surface area (Å²) in [4.78, 5) is 28.3. The van der Waals surface area contributed by atoms with E-state index in [9.17, 15) is 4.79 Å². The van der Waals surface area contributed by atoms with Crippen molar-refractivity contribution >= 4 is 17.4 Å². The van der Waals surface area contributed by atoms with E-state index in [0.717, 1.165) is 48.3 Å². The molecule has 5 aromatic rings. The Hall–Kier alpha value is -4.54. The fourth-order valence-electron chi connectivity index (χ4n) is 5.80. The fourth-order valence-corrected chi connectivity index (χ4v) is 5.80. The van der Waals surface area contributed by atoms with Crippen LogP contribution in [0, 0.1) is 0 Å². The summed E-state index contributed by atoms with van der Waals surface area (Å²) < 4.78 is 3.86. The Morgan fingerprint density at radius 3 is 2.58 bits per heavy atom. The second-order valence-electron chi connectivity index (χ2n) is 9.50. The number of nitrogens with zero attached hydrogens (tertiary/aromatic N) is 8. The van der Waals surface area contributed by atoms with Crippen molar-refractivity contribution < 1.29 is 4.79 Å². The zero-order chi connectivity index (χ0) is 24.2. The first-order chi connectivity index (χ1) is 17.7. The predicted molar refractivity (Wildman–Crippen MR) is 131 cm³/mol. The zero-order valence-corrected chi connectivity index (χ0v) is 19.4. The van der Waals surface area contributed by atoms with Gasteiger partial charge in [-0.2, -0.15) is 10.2 Å². The van der Waals surface area contributed by atoms with Crippen molar-refractivity contribution in [3.8, 4) is 16.9 Å². The smallest absolute Gasteiger partial charge is 0.291 e. The van der Waals surface area contributed by atoms with Crippen LogP contribution in [0.1, 0.15) is 47.9 Å². The number of hydrogen-bond acceptors (Lipinski definition) is 7. The summed E-state index contributed by atoms with van der Waals surface area (Å²) in [5.41, 5.74) is 10.8. The van der Waals surface area contributed by atoms with Crippen LogP contribution in [0.25, 0.3) is 22.6 Å². The molecule has 2 fully saturated rings. The number of para-hydroxylation sites is 1. The zero-order valence-electron chi connectivity index (χ0n) is 19.4. The number of nitrogen functional groups attached to an aromatic ring is 1. The second kappa shape index (κ2) is 8.01. The van der Waals surface area contributed by atoms with Gasteiger partial charge in [-0.1, -0.05) is 18.2 Å². The Balaban J connectivity index is 1.20. The van der Waals surface area contributed by atoms with E-state index in [0.29, 0.717) is 17.3 Å². The number of piperidine rings is 1. The molecular weight excluding hydrogens is 456 g/mol. The van der Waals surface area contributed by atoms with Crippen molar-refractivity contribution in [3.63, 3.8) is 0 Å². The van der Waals surface area contributed by atoms with Crippen LogP contribution in [-0.2, 0) is 0 Å². The lowest BCUT2D eigenvalue weighted by Gasteiger charge is -2.38. The maximum atomic E-state index is 13.0. The third-order valence-corrected chi connectivity index (χ3v) is 7.44. The lowest BCUT2D eigenvalue weighted by atomic mass is 9.88. The molecule has 1 unspecified atom stereocenters. The number of nitrogens with two attached hydrogens (primary N) is 1. The predicted octanol–water partition coefficient (Wildman–Crippen LogP) is 2.83. The van der Waals surface area contributed by atoms with Gasteiger partial charge in [-0.15, -0.1) is 0 Å². The van der Waals surface area contributed by atoms with Gasteiger partial charge < -0.3 is 10.6 Å². The Bertz CT molecular complexity index is 1540. The number of imidazole rings is 1. The lowest BCUT2D eigenvalue weighted by Crippen LogP contribution is -2.46. The summed E-state index contributed by atoms with van der Waals surface area (Å²) in [6, 6.07) is 10.3. The fraction of sp³-hybridized carbons (Fsp3) is 0.280. The van der Waals surface area contributed by atoms with E-state index < -0.39 is 0 Å². The first-order valence-corrected chi connectivity index (χ1v) is 12.1. The molecule has 3 atom stereocenters. The van der Waals surface area contributed by atoms with Gasteiger partial charge in [0.05, 0.1) is 29.5 Å². The summed E-state index contributed by atoms with van der Waals surface area (Å²) >= 11 is 0. The van der Waals surface area contributed by atoms with Gasteiger partial charge in [0.1, 0.15) is 6.33 Å². The molecule has 3 N–H and O–H groups in total. The molecule has 4 aromatic heterocycles. The maximum Gasteiger partial charge on any atom is 0.291 e. The minimum atomic E-state index is -0.0753. The monoisotopic (exact) mass is 480 g/mol. The number of nitrogens with one attached hydrogen (secondary N) is 1. The molecule has 6 heterocycles. The number of anilines is 1. The Morgan fingerprint density at radius 1 is 1.03 bits per heavy atom. The van der Waals surface area contributed by atoms with Crippen LogP contribution in [0.2, 0.25) is 0 Å². The molecule has 2 aliphatic rings. The van der Waals surface area contributed by atoms with Gasteiger partial charge in [0.15, 0.2) is 11.5 Å². The Morgan fingerprint density at radius 2 is 1.83 bits per heavy atom. The normalized spacial score (nSPS) is 21.3. The van der Waals surface area contributed by atoms with Gasteiger partial charge in [-0.05, 0) is 37.8 Å². The molecule has 2 aliphatic heterocycles. The molecular formula is C25H24N10O. The van der Waals surface area contributed by atoms with Crippen LogP contribution in [0.15, 0.2) is 61.4 Å². The van der Waals surface area contributed by atoms with Crippen LogP contribution < -0.4 is 5.73 Å². The number of aromatic nitrogens is 8. The van der Waals surface area contributed by atoms with Gasteiger partial charge in [0, 0.05) is 36.0 Å². The summed E-state index contributed by atoms with van der Waals surface area (Å²) in [6.07, 6.45) is 12.7. The minimum Gasteiger partial charge on any atom is -0.381 e. The molecule has 36 heavy (non-hydrogen) atoms. The molecule has 11 nitrogen and oxygen atoms in total. The lowest BCUT2D eigenvalue weighted by molar-refractivity contribution is 0.0557. The molecule has 2 saturated heterocycles. The summed E-state index contributed by atoms with van der Waals surface area (Å²) in [5, 5.41) is 11.1. The van der Waals surface area contributed by atoms with E-state index in [2.05, 4.69) is 25.3 Å². The van der Waals surface area contributed by atoms with Gasteiger partial charge in [0.2, 0.25) is 5.82 Å². The first kappa shape index (κ1) is 20.8. The standard InChI is InChI=1S/C25H24N10O/c26-22-24-27-11-21(16-10-30-34(12-16)17-4-2-1-3-5-17)33(24)13-20(31-22)15-8-18-6-7-19(9-15)35(18)25(36)23-28-14-29-32-23/h1-5,10-15,18-19H,6-9H2,(H2,26,31)(H,28,29,32)/t15?,18-,19+. The summed E-state index contributed by atoms with van der Waals surface area (Å²) in [5.74, 6) is 0.832. The van der Waals surface area contributed by atoms with Crippen LogP contribution in [-0.4, -0.2) is 62.2 Å². The quantitative estimate of drug-likeness (QED) is 0.404. The SMILES string of the molecule is Nc1nc(C2C[C@H]3CC[C@@H](C2)N3C(=O)c2ncn[nH]2)cn2c(-c3cnn(-c4ccccc4)c3)cnc12. The second-order valence-corrected chi connectivity index (χ2v) is 9.50. The van der Waals surface area contributed by atoms with Crippen LogP contribution in [0.4, 0.5) is 5.82 Å². The van der Waals surface area contributed by atoms with E-state index in [1.54, 1.807) is 0 Å². The van der Waals surface area contributed by atoms with E-state index in [4.69, 9.17) is 10.7 Å². The number of hydrogen-bond donors (Lipinski definition) is 2. The summed E-state index contributed by atoms with van der Waals surface area (Å²) in [6.45, 7) is 0. The average molecular weight is 481 g/mol. The van der Waals surface area contributed by atoms with Crippen molar-refractivity contribution in [1.82, 2.24) is 44.2 Å². The topological polar surface area (TPSA) is 136 Å². The minimum absolute atomic E-state index is 0.0753. The number of fused-ring (bicyclic) bond motifs is 3. The molecule has 0 spiro atoms. The number of benzene rings is 1. The highest BCUT2D eigenvalue weighted by Gasteiger charge is 2.45. The van der Waals surface area contributed by atoms with Crippen molar-refractivity contribution in [2.45, 2.75) is 43.7 Å². The highest BCUT2D eigenvalue weighted by atomic mass is 16.2. The van der Waals surface area contributed by atoms with Crippen molar-refractivity contribution in [2.75, 3.05) is 5.73 Å². The van der Waals surface area contributed by atoms with Crippen LogP contribution >= 0.6 is 0 Å². The number of H-pyrrole nitrogens is 1. The Kier molecular flexibility index (Phi) is 4.63. The molecule has 2 bridgehead atoms. The highest BCUT2D eigenvalue weighted by molar-refractivity contribution is 5.91. The number of amides is 1. The molecule has 1 aromatic carbocycles. The highest BCUT2D eigenvalue weighted by Crippen LogP contribution is 2.43. The van der Waals surface area contributed by atoms with Crippen molar-refractivity contribution in [3.05, 3.63) is 73.0 Å². The third-order valence-electron chi connectivity index (χ3n) is 7.44. The van der Waals surface area contributed by atoms with Gasteiger partial charge in [-0.25, -0.2) is 19.6 Å². The molecule has 0 aliphatic carbocycles. The molecule has 0 saturated carbocycles. The van der Waals surface area contributed by atoms with Gasteiger partial charge >= 0.3 is 0 Å². The van der Waals surface area contributed by atoms with E-state index in [1.807, 2.05) is 69.1 Å². The molecule has 180 valence electrons. The van der Waals surface area contributed by atoms with Crippen LogP contribution in [0.5, 0.6) is 0 Å². The van der Waals surface area contributed by atoms with E-state index in [1.165, 1.54) is 6.33 Å². The molecule has 11 heteroatoms. The molecule has 7 rings (SSSR count).